The van der Waals surface area contributed by atoms with Gasteiger partial charge in [-0.25, -0.2) is 4.68 Å². The minimum Gasteiger partial charge on any atom is -0.321 e. The van der Waals surface area contributed by atoms with E-state index in [1.54, 1.807) is 17.1 Å². The van der Waals surface area contributed by atoms with Gasteiger partial charge in [-0.05, 0) is 46.9 Å². The van der Waals surface area contributed by atoms with Crippen LogP contribution in [0.4, 0.5) is 5.69 Å². The molecule has 2 aromatic carbocycles. The normalized spacial score (nSPS) is 10.3. The number of carbonyl (C=O) groups excluding carboxylic acids is 1. The second kappa shape index (κ2) is 6.09. The highest BCUT2D eigenvalue weighted by molar-refractivity contribution is 14.1. The third-order valence-corrected chi connectivity index (χ3v) is 3.93. The summed E-state index contributed by atoms with van der Waals surface area (Å²) in [5.74, 6) is -0.165. The summed E-state index contributed by atoms with van der Waals surface area (Å²) in [4.78, 5) is 12.2. The molecule has 0 aliphatic rings. The van der Waals surface area contributed by atoms with Crippen LogP contribution in [0.1, 0.15) is 10.4 Å². The molecule has 5 heteroatoms. The average molecular weight is 389 g/mol. The van der Waals surface area contributed by atoms with E-state index in [2.05, 4.69) is 33.0 Å². The van der Waals surface area contributed by atoms with Gasteiger partial charge >= 0.3 is 0 Å². The first kappa shape index (κ1) is 13.8. The molecule has 0 spiro atoms. The Balaban J connectivity index is 1.80. The van der Waals surface area contributed by atoms with Crippen molar-refractivity contribution in [3.63, 3.8) is 0 Å². The topological polar surface area (TPSA) is 46.9 Å². The third kappa shape index (κ3) is 3.13. The molecule has 1 aromatic heterocycles. The quantitative estimate of drug-likeness (QED) is 0.694. The zero-order valence-corrected chi connectivity index (χ0v) is 13.2. The van der Waals surface area contributed by atoms with Gasteiger partial charge < -0.3 is 5.32 Å². The predicted molar refractivity (Wildman–Crippen MR) is 90.7 cm³/mol. The molecule has 104 valence electrons. The highest BCUT2D eigenvalue weighted by Gasteiger charge is 2.10. The van der Waals surface area contributed by atoms with Crippen LogP contribution in [-0.4, -0.2) is 15.7 Å². The standard InChI is InChI=1S/C16H12IN3O/c17-14-8-4-5-9-15(14)19-16(21)12-10-18-20(11-12)13-6-2-1-3-7-13/h1-11H,(H,19,21). The van der Waals surface area contributed by atoms with Crippen LogP contribution in [0.3, 0.4) is 0 Å². The molecular weight excluding hydrogens is 377 g/mol. The first-order valence-corrected chi connectivity index (χ1v) is 7.48. The van der Waals surface area contributed by atoms with Crippen LogP contribution in [0.15, 0.2) is 67.0 Å². The Morgan fingerprint density at radius 2 is 1.76 bits per heavy atom. The van der Waals surface area contributed by atoms with Crippen LogP contribution < -0.4 is 5.32 Å². The van der Waals surface area contributed by atoms with Gasteiger partial charge in [-0.1, -0.05) is 30.3 Å². The Kier molecular flexibility index (Phi) is 4.01. The number of hydrogen-bond donors (Lipinski definition) is 1. The van der Waals surface area contributed by atoms with E-state index in [4.69, 9.17) is 0 Å². The molecule has 3 rings (SSSR count). The van der Waals surface area contributed by atoms with Crippen molar-refractivity contribution in [3.8, 4) is 5.69 Å². The predicted octanol–water partition coefficient (Wildman–Crippen LogP) is 3.73. The van der Waals surface area contributed by atoms with Crippen LogP contribution in [0.2, 0.25) is 0 Å². The number of carbonyl (C=O) groups is 1. The Bertz CT molecular complexity index is 768. The maximum atomic E-state index is 12.2. The number of para-hydroxylation sites is 2. The Labute approximate surface area is 135 Å². The number of aromatic nitrogens is 2. The van der Waals surface area contributed by atoms with Crippen molar-refractivity contribution in [1.82, 2.24) is 9.78 Å². The minimum absolute atomic E-state index is 0.165. The minimum atomic E-state index is -0.165. The number of nitrogens with zero attached hydrogens (tertiary/aromatic N) is 2. The number of halogens is 1. The van der Waals surface area contributed by atoms with Gasteiger partial charge in [-0.2, -0.15) is 5.10 Å². The van der Waals surface area contributed by atoms with E-state index in [-0.39, 0.29) is 5.91 Å². The van der Waals surface area contributed by atoms with Gasteiger partial charge in [0, 0.05) is 9.77 Å². The maximum Gasteiger partial charge on any atom is 0.258 e. The van der Waals surface area contributed by atoms with Crippen molar-refractivity contribution in [2.24, 2.45) is 0 Å². The van der Waals surface area contributed by atoms with Gasteiger partial charge in [0.1, 0.15) is 0 Å². The smallest absolute Gasteiger partial charge is 0.258 e. The SMILES string of the molecule is O=C(Nc1ccccc1I)c1cnn(-c2ccccc2)c1. The molecule has 21 heavy (non-hydrogen) atoms. The van der Waals surface area contributed by atoms with Gasteiger partial charge in [-0.3, -0.25) is 4.79 Å². The molecule has 0 fully saturated rings. The zero-order chi connectivity index (χ0) is 14.7. The average Bonchev–Trinajstić information content (AvgIpc) is 3.00. The highest BCUT2D eigenvalue weighted by atomic mass is 127. The number of benzene rings is 2. The third-order valence-electron chi connectivity index (χ3n) is 2.99. The van der Waals surface area contributed by atoms with Crippen LogP contribution in [-0.2, 0) is 0 Å². The molecule has 3 aromatic rings. The van der Waals surface area contributed by atoms with Gasteiger partial charge in [0.25, 0.3) is 5.91 Å². The number of anilines is 1. The Hall–Kier alpha value is -2.15. The van der Waals surface area contributed by atoms with Gasteiger partial charge in [0.2, 0.25) is 0 Å². The number of amides is 1. The second-order valence-electron chi connectivity index (χ2n) is 4.44. The second-order valence-corrected chi connectivity index (χ2v) is 5.61. The molecular formula is C16H12IN3O. The van der Waals surface area contributed by atoms with E-state index in [1.165, 1.54) is 0 Å². The van der Waals surface area contributed by atoms with Crippen LogP contribution in [0.5, 0.6) is 0 Å². The highest BCUT2D eigenvalue weighted by Crippen LogP contribution is 2.18. The van der Waals surface area contributed by atoms with Gasteiger partial charge in [0.15, 0.2) is 0 Å². The summed E-state index contributed by atoms with van der Waals surface area (Å²) in [6, 6.07) is 17.3. The lowest BCUT2D eigenvalue weighted by Gasteiger charge is -2.05. The summed E-state index contributed by atoms with van der Waals surface area (Å²) in [5, 5.41) is 7.12. The molecule has 1 N–H and O–H groups in total. The summed E-state index contributed by atoms with van der Waals surface area (Å²) in [7, 11) is 0. The first-order chi connectivity index (χ1) is 10.2. The summed E-state index contributed by atoms with van der Waals surface area (Å²) in [5.41, 5.74) is 2.25. The van der Waals surface area contributed by atoms with E-state index in [0.717, 1.165) is 14.9 Å². The van der Waals surface area contributed by atoms with E-state index in [0.29, 0.717) is 5.56 Å². The maximum absolute atomic E-state index is 12.2. The molecule has 0 radical (unpaired) electrons. The van der Waals surface area contributed by atoms with Crippen LogP contribution >= 0.6 is 22.6 Å². The van der Waals surface area contributed by atoms with Crippen LogP contribution in [0, 0.1) is 3.57 Å². The largest absolute Gasteiger partial charge is 0.321 e. The molecule has 1 amide bonds. The summed E-state index contributed by atoms with van der Waals surface area (Å²) in [6.07, 6.45) is 3.29. The molecule has 0 saturated carbocycles. The van der Waals surface area contributed by atoms with Crippen molar-refractivity contribution in [3.05, 3.63) is 76.1 Å². The number of rotatable bonds is 3. The molecule has 0 saturated heterocycles. The molecule has 0 atom stereocenters. The fraction of sp³-hybridized carbons (Fsp3) is 0. The fourth-order valence-electron chi connectivity index (χ4n) is 1.92. The monoisotopic (exact) mass is 389 g/mol. The number of nitrogens with one attached hydrogen (secondary N) is 1. The molecule has 0 bridgehead atoms. The Morgan fingerprint density at radius 3 is 2.52 bits per heavy atom. The Morgan fingerprint density at radius 1 is 1.05 bits per heavy atom. The lowest BCUT2D eigenvalue weighted by Crippen LogP contribution is -2.12. The van der Waals surface area contributed by atoms with E-state index < -0.39 is 0 Å². The van der Waals surface area contributed by atoms with Crippen molar-refractivity contribution in [1.29, 1.82) is 0 Å². The van der Waals surface area contributed by atoms with E-state index >= 15 is 0 Å². The van der Waals surface area contributed by atoms with Crippen molar-refractivity contribution < 1.29 is 4.79 Å². The zero-order valence-electron chi connectivity index (χ0n) is 11.0. The molecule has 0 aliphatic carbocycles. The first-order valence-electron chi connectivity index (χ1n) is 6.40. The van der Waals surface area contributed by atoms with E-state index in [9.17, 15) is 4.79 Å². The van der Waals surface area contributed by atoms with Gasteiger partial charge in [0.05, 0.1) is 23.1 Å². The van der Waals surface area contributed by atoms with Crippen molar-refractivity contribution in [2.75, 3.05) is 5.32 Å². The fourth-order valence-corrected chi connectivity index (χ4v) is 2.44. The van der Waals surface area contributed by atoms with Crippen LogP contribution in [0.25, 0.3) is 5.69 Å². The molecule has 1 heterocycles. The number of hydrogen-bond acceptors (Lipinski definition) is 2. The van der Waals surface area contributed by atoms with Gasteiger partial charge in [-0.15, -0.1) is 0 Å². The van der Waals surface area contributed by atoms with E-state index in [1.807, 2.05) is 54.6 Å². The lowest BCUT2D eigenvalue weighted by atomic mass is 10.3. The summed E-state index contributed by atoms with van der Waals surface area (Å²) >= 11 is 2.19. The molecule has 4 nitrogen and oxygen atoms in total. The summed E-state index contributed by atoms with van der Waals surface area (Å²) in [6.45, 7) is 0. The summed E-state index contributed by atoms with van der Waals surface area (Å²) < 4.78 is 2.68. The lowest BCUT2D eigenvalue weighted by molar-refractivity contribution is 0.102. The van der Waals surface area contributed by atoms with Crippen molar-refractivity contribution in [2.45, 2.75) is 0 Å². The molecule has 0 aliphatic heterocycles. The van der Waals surface area contributed by atoms with Crippen molar-refractivity contribution >= 4 is 34.2 Å². The molecule has 0 unspecified atom stereocenters.